The number of carbonyl (C=O) groups is 1. The third kappa shape index (κ3) is 15.2. The van der Waals surface area contributed by atoms with Crippen molar-refractivity contribution in [2.24, 2.45) is 23.7 Å². The summed E-state index contributed by atoms with van der Waals surface area (Å²) < 4.78 is 29.6. The monoisotopic (exact) mass is 722 g/mol. The van der Waals surface area contributed by atoms with E-state index in [2.05, 4.69) is 26.2 Å². The van der Waals surface area contributed by atoms with Gasteiger partial charge in [-0.25, -0.2) is 4.79 Å². The minimum atomic E-state index is -1.03. The average Bonchev–Trinajstić information content (AvgIpc) is 3.12. The number of allylic oxidation sites excluding steroid dienone is 2. The third-order valence-electron chi connectivity index (χ3n) is 11.1. The third-order valence-corrected chi connectivity index (χ3v) is 11.1. The molecule has 0 spiro atoms. The van der Waals surface area contributed by atoms with E-state index in [0.29, 0.717) is 32.1 Å². The van der Waals surface area contributed by atoms with Gasteiger partial charge in [-0.15, -0.1) is 0 Å². The van der Waals surface area contributed by atoms with E-state index < -0.39 is 48.3 Å². The predicted octanol–water partition coefficient (Wildman–Crippen LogP) is 5.86. The first-order valence-corrected chi connectivity index (χ1v) is 19.0. The van der Waals surface area contributed by atoms with Gasteiger partial charge >= 0.3 is 5.97 Å². The van der Waals surface area contributed by atoms with Crippen molar-refractivity contribution in [3.63, 3.8) is 0 Å². The fraction of sp³-hybridized carbons (Fsp3) is 0.780. The number of hydrogen-bond acceptors (Lipinski definition) is 10. The number of methoxy groups -OCH3 is 2. The zero-order valence-electron chi connectivity index (χ0n) is 32.6. The molecule has 51 heavy (non-hydrogen) atoms. The molecule has 2 rings (SSSR count). The van der Waals surface area contributed by atoms with Crippen molar-refractivity contribution in [1.29, 1.82) is 0 Å². The quantitative estimate of drug-likeness (QED) is 0.0439. The molecule has 294 valence electrons. The van der Waals surface area contributed by atoms with Gasteiger partial charge in [0.25, 0.3) is 0 Å². The minimum Gasteiger partial charge on any atom is -0.458 e. The molecule has 0 radical (unpaired) electrons. The Balaban J connectivity index is 2.00. The summed E-state index contributed by atoms with van der Waals surface area (Å²) >= 11 is 0. The van der Waals surface area contributed by atoms with Gasteiger partial charge in [-0.05, 0) is 64.7 Å². The lowest BCUT2D eigenvalue weighted by molar-refractivity contribution is -0.157. The fourth-order valence-corrected chi connectivity index (χ4v) is 7.50. The summed E-state index contributed by atoms with van der Waals surface area (Å²) in [4.78, 5) is 12.4. The van der Waals surface area contributed by atoms with Crippen molar-refractivity contribution in [2.75, 3.05) is 14.2 Å². The zero-order valence-corrected chi connectivity index (χ0v) is 32.6. The zero-order chi connectivity index (χ0) is 38.2. The van der Waals surface area contributed by atoms with Gasteiger partial charge in [-0.2, -0.15) is 0 Å². The van der Waals surface area contributed by atoms with Crippen molar-refractivity contribution in [3.05, 3.63) is 49.1 Å². The van der Waals surface area contributed by atoms with E-state index in [1.807, 2.05) is 39.8 Å². The average molecular weight is 723 g/mol. The second-order valence-corrected chi connectivity index (χ2v) is 15.2. The van der Waals surface area contributed by atoms with Crippen LogP contribution in [0.5, 0.6) is 0 Å². The summed E-state index contributed by atoms with van der Waals surface area (Å²) in [6, 6.07) is 0. The first kappa shape index (κ1) is 45.3. The summed E-state index contributed by atoms with van der Waals surface area (Å²) in [7, 11) is 3.33. The molecule has 0 aromatic heterocycles. The summed E-state index contributed by atoms with van der Waals surface area (Å²) in [5.41, 5.74) is 1.02. The topological polar surface area (TPSA) is 144 Å². The number of ether oxygens (including phenoxy) is 5. The lowest BCUT2D eigenvalue weighted by Crippen LogP contribution is -2.45. The van der Waals surface area contributed by atoms with Crippen LogP contribution in [0.1, 0.15) is 99.3 Å². The highest BCUT2D eigenvalue weighted by Gasteiger charge is 2.39. The van der Waals surface area contributed by atoms with Gasteiger partial charge in [0.05, 0.1) is 61.0 Å². The Labute approximate surface area is 307 Å². The Morgan fingerprint density at radius 1 is 0.941 bits per heavy atom. The highest BCUT2D eigenvalue weighted by Crippen LogP contribution is 2.33. The van der Waals surface area contributed by atoms with Gasteiger partial charge in [-0.3, -0.25) is 0 Å². The maximum Gasteiger partial charge on any atom is 0.330 e. The van der Waals surface area contributed by atoms with Crippen LogP contribution in [0.15, 0.2) is 49.1 Å². The van der Waals surface area contributed by atoms with Crippen LogP contribution in [0.25, 0.3) is 0 Å². The molecule has 0 aromatic carbocycles. The smallest absolute Gasteiger partial charge is 0.330 e. The molecular formula is C41H70O10. The Hall–Kier alpha value is -1.89. The second-order valence-electron chi connectivity index (χ2n) is 15.2. The van der Waals surface area contributed by atoms with Crippen LogP contribution in [-0.2, 0) is 28.5 Å². The Kier molecular flexibility index (Phi) is 20.4. The highest BCUT2D eigenvalue weighted by molar-refractivity contribution is 5.81. The van der Waals surface area contributed by atoms with Crippen LogP contribution in [-0.4, -0.2) is 108 Å². The number of rotatable bonds is 23. The van der Waals surface area contributed by atoms with E-state index in [1.165, 1.54) is 0 Å². The van der Waals surface area contributed by atoms with Crippen molar-refractivity contribution in [2.45, 2.75) is 166 Å². The minimum absolute atomic E-state index is 0.0262. The summed E-state index contributed by atoms with van der Waals surface area (Å²) in [5, 5.41) is 44.7. The molecule has 1 fully saturated rings. The van der Waals surface area contributed by atoms with Crippen LogP contribution in [0, 0.1) is 23.7 Å². The van der Waals surface area contributed by atoms with E-state index >= 15 is 0 Å². The Morgan fingerprint density at radius 3 is 2.25 bits per heavy atom. The lowest BCUT2D eigenvalue weighted by atomic mass is 9.78. The van der Waals surface area contributed by atoms with Gasteiger partial charge in [-0.1, -0.05) is 70.7 Å². The van der Waals surface area contributed by atoms with Gasteiger partial charge in [0.1, 0.15) is 6.10 Å². The molecule has 10 nitrogen and oxygen atoms in total. The molecule has 10 heteroatoms. The van der Waals surface area contributed by atoms with E-state index in [-0.39, 0.29) is 54.9 Å². The van der Waals surface area contributed by atoms with Crippen molar-refractivity contribution in [3.8, 4) is 0 Å². The molecular weight excluding hydrogens is 652 g/mol. The van der Waals surface area contributed by atoms with E-state index in [9.17, 15) is 25.2 Å². The summed E-state index contributed by atoms with van der Waals surface area (Å²) in [6.45, 7) is 18.7. The largest absolute Gasteiger partial charge is 0.458 e. The molecule has 0 amide bonds. The molecule has 2 aliphatic rings. The van der Waals surface area contributed by atoms with Gasteiger partial charge < -0.3 is 44.1 Å². The van der Waals surface area contributed by atoms with Crippen LogP contribution >= 0.6 is 0 Å². The van der Waals surface area contributed by atoms with Gasteiger partial charge in [0.15, 0.2) is 0 Å². The standard InChI is InChI=1S/C41H70O10/c1-11-25(3)16-18-31(42)21-32-14-13-15-33(50-32)23-38(48-10)28(6)36(43)24-37(44)29(7)41(51-39(45)12-2)30(8)40(46)26(4)17-19-34-22-35(47-9)20-27(5)49-34/h11-14,16,26-38,40-44,46H,1-2,15,17-24H2,3-10H3/b25-16+/t26-,27-,28-,29-,30-,31-,32-,33-,34-,35+,36-,37+,38-,40-,41-/m0/s1. The van der Waals surface area contributed by atoms with E-state index in [4.69, 9.17) is 23.7 Å². The number of aliphatic hydroxyl groups excluding tert-OH is 4. The summed E-state index contributed by atoms with van der Waals surface area (Å²) in [6.07, 6.45) is 9.74. The van der Waals surface area contributed by atoms with E-state index in [0.717, 1.165) is 30.9 Å². The molecule has 0 bridgehead atoms. The van der Waals surface area contributed by atoms with Crippen molar-refractivity contribution >= 4 is 5.97 Å². The molecule has 0 aromatic rings. The molecule has 0 aliphatic carbocycles. The Bertz CT molecular complexity index is 1090. The van der Waals surface area contributed by atoms with Crippen molar-refractivity contribution < 1.29 is 48.9 Å². The van der Waals surface area contributed by atoms with Crippen molar-refractivity contribution in [1.82, 2.24) is 0 Å². The van der Waals surface area contributed by atoms with Crippen LogP contribution in [0.4, 0.5) is 0 Å². The normalized spacial score (nSPS) is 28.7. The molecule has 0 unspecified atom stereocenters. The number of aliphatic hydroxyl groups is 4. The molecule has 2 aliphatic heterocycles. The number of carbonyl (C=O) groups excluding carboxylic acids is 1. The van der Waals surface area contributed by atoms with Crippen LogP contribution in [0.2, 0.25) is 0 Å². The number of esters is 1. The lowest BCUT2D eigenvalue weighted by Gasteiger charge is -2.38. The SMILES string of the molecule is C=CC(=O)O[C@@H]([C@@H](C)[C@H](O)C[C@H](O)[C@H](C)[C@H](C[C@@H]1CC=C[C@@H](C[C@@H](O)C/C=C(\C)C=C)O1)OC)[C@@H](C)[C@@H](O)[C@@H](C)CC[C@H]1C[C@H](OC)C[C@H](C)O1. The fourth-order valence-electron chi connectivity index (χ4n) is 7.50. The van der Waals surface area contributed by atoms with Gasteiger partial charge in [0, 0.05) is 50.9 Å². The number of hydrogen-bond donors (Lipinski definition) is 4. The second kappa shape index (κ2) is 23.0. The molecule has 4 N–H and O–H groups in total. The molecule has 2 heterocycles. The van der Waals surface area contributed by atoms with E-state index in [1.54, 1.807) is 27.2 Å². The molecule has 15 atom stereocenters. The molecule has 0 saturated carbocycles. The van der Waals surface area contributed by atoms with Gasteiger partial charge in [0.2, 0.25) is 0 Å². The van der Waals surface area contributed by atoms with Crippen LogP contribution in [0.3, 0.4) is 0 Å². The highest BCUT2D eigenvalue weighted by atomic mass is 16.5. The Morgan fingerprint density at radius 2 is 1.63 bits per heavy atom. The maximum atomic E-state index is 12.4. The van der Waals surface area contributed by atoms with Crippen LogP contribution < -0.4 is 0 Å². The predicted molar refractivity (Wildman–Crippen MR) is 200 cm³/mol. The first-order valence-electron chi connectivity index (χ1n) is 19.0. The molecule has 1 saturated heterocycles. The maximum absolute atomic E-state index is 12.4. The first-order chi connectivity index (χ1) is 24.1. The summed E-state index contributed by atoms with van der Waals surface area (Å²) in [5.74, 6) is -2.20.